The third kappa shape index (κ3) is 4.15. The Morgan fingerprint density at radius 2 is 1.72 bits per heavy atom. The molecule has 1 fully saturated rings. The molecular formula is C25H26O7. The molecule has 4 rings (SSSR count). The van der Waals surface area contributed by atoms with Gasteiger partial charge >= 0.3 is 5.97 Å². The van der Waals surface area contributed by atoms with Crippen LogP contribution >= 0.6 is 0 Å². The Morgan fingerprint density at radius 1 is 0.969 bits per heavy atom. The van der Waals surface area contributed by atoms with Crippen molar-refractivity contribution in [2.45, 2.75) is 32.1 Å². The predicted octanol–water partition coefficient (Wildman–Crippen LogP) is 4.81. The van der Waals surface area contributed by atoms with Crippen LogP contribution in [0.15, 0.2) is 36.1 Å². The lowest BCUT2D eigenvalue weighted by atomic mass is 9.89. The standard InChI is InChI=1S/C25H26O7/c1-28-19-12-9-16(23(29-2)24(19)30-3)13-21-22(26)18-11-10-17(14-20(18)32-21)31-25(27)15-7-5-4-6-8-15/h9-15H,4-8H2,1-3H3/b21-13-. The number of fused-ring (bicyclic) bond motifs is 1. The van der Waals surface area contributed by atoms with E-state index in [-0.39, 0.29) is 23.4 Å². The highest BCUT2D eigenvalue weighted by Gasteiger charge is 2.30. The number of carbonyl (C=O) groups excluding carboxylic acids is 2. The average molecular weight is 438 g/mol. The summed E-state index contributed by atoms with van der Waals surface area (Å²) in [4.78, 5) is 25.3. The molecule has 0 amide bonds. The van der Waals surface area contributed by atoms with Crippen LogP contribution in [0.2, 0.25) is 0 Å². The molecule has 0 radical (unpaired) electrons. The van der Waals surface area contributed by atoms with Crippen molar-refractivity contribution in [3.8, 4) is 28.7 Å². The Kier molecular flexibility index (Phi) is 6.35. The molecule has 1 aliphatic carbocycles. The zero-order chi connectivity index (χ0) is 22.7. The maximum atomic E-state index is 12.9. The van der Waals surface area contributed by atoms with Crippen LogP contribution in [-0.4, -0.2) is 33.1 Å². The smallest absolute Gasteiger partial charge is 0.314 e. The number of ether oxygens (including phenoxy) is 5. The summed E-state index contributed by atoms with van der Waals surface area (Å²) in [5.41, 5.74) is 1.01. The van der Waals surface area contributed by atoms with Crippen LogP contribution in [-0.2, 0) is 4.79 Å². The Balaban J connectivity index is 1.57. The molecule has 1 saturated carbocycles. The van der Waals surface area contributed by atoms with Crippen molar-refractivity contribution in [1.29, 1.82) is 0 Å². The lowest BCUT2D eigenvalue weighted by Crippen LogP contribution is -2.22. The second-order valence-corrected chi connectivity index (χ2v) is 7.78. The normalized spacial score (nSPS) is 17.0. The van der Waals surface area contributed by atoms with E-state index >= 15 is 0 Å². The van der Waals surface area contributed by atoms with E-state index < -0.39 is 0 Å². The van der Waals surface area contributed by atoms with Gasteiger partial charge in [-0.25, -0.2) is 0 Å². The van der Waals surface area contributed by atoms with Crippen molar-refractivity contribution in [2.24, 2.45) is 5.92 Å². The molecule has 0 atom stereocenters. The Bertz CT molecular complexity index is 1060. The highest BCUT2D eigenvalue weighted by atomic mass is 16.5. The first kappa shape index (κ1) is 21.7. The lowest BCUT2D eigenvalue weighted by Gasteiger charge is -2.19. The summed E-state index contributed by atoms with van der Waals surface area (Å²) < 4.78 is 27.6. The zero-order valence-electron chi connectivity index (χ0n) is 18.4. The third-order valence-corrected chi connectivity index (χ3v) is 5.82. The molecule has 7 nitrogen and oxygen atoms in total. The van der Waals surface area contributed by atoms with Crippen LogP contribution in [0.1, 0.15) is 48.0 Å². The van der Waals surface area contributed by atoms with Crippen molar-refractivity contribution in [2.75, 3.05) is 21.3 Å². The second kappa shape index (κ2) is 9.34. The molecule has 2 aliphatic rings. The monoisotopic (exact) mass is 438 g/mol. The van der Waals surface area contributed by atoms with Gasteiger partial charge in [-0.1, -0.05) is 19.3 Å². The predicted molar refractivity (Wildman–Crippen MR) is 118 cm³/mol. The van der Waals surface area contributed by atoms with Gasteiger partial charge in [0.1, 0.15) is 11.5 Å². The van der Waals surface area contributed by atoms with Crippen LogP contribution in [0.5, 0.6) is 28.7 Å². The van der Waals surface area contributed by atoms with Gasteiger partial charge in [0.25, 0.3) is 0 Å². The number of Topliss-reactive ketones (excluding diaryl/α,β-unsaturated/α-hetero) is 1. The number of carbonyl (C=O) groups is 2. The van der Waals surface area contributed by atoms with E-state index in [1.165, 1.54) is 27.8 Å². The third-order valence-electron chi connectivity index (χ3n) is 5.82. The number of hydrogen-bond donors (Lipinski definition) is 0. The molecule has 1 aliphatic heterocycles. The molecule has 0 spiro atoms. The number of ketones is 1. The lowest BCUT2D eigenvalue weighted by molar-refractivity contribution is -0.139. The quantitative estimate of drug-likeness (QED) is 0.364. The molecule has 0 saturated heterocycles. The van der Waals surface area contributed by atoms with Gasteiger partial charge in [0.2, 0.25) is 11.5 Å². The molecule has 0 N–H and O–H groups in total. The minimum atomic E-state index is -0.262. The van der Waals surface area contributed by atoms with E-state index in [9.17, 15) is 9.59 Å². The highest BCUT2D eigenvalue weighted by molar-refractivity contribution is 6.14. The Morgan fingerprint density at radius 3 is 2.41 bits per heavy atom. The van der Waals surface area contributed by atoms with Gasteiger partial charge in [0.05, 0.1) is 32.8 Å². The second-order valence-electron chi connectivity index (χ2n) is 7.78. The molecule has 2 aromatic rings. The molecule has 0 unspecified atom stereocenters. The fourth-order valence-corrected chi connectivity index (χ4v) is 4.15. The van der Waals surface area contributed by atoms with E-state index in [1.54, 1.807) is 36.4 Å². The van der Waals surface area contributed by atoms with Crippen LogP contribution in [0.25, 0.3) is 6.08 Å². The summed E-state index contributed by atoms with van der Waals surface area (Å²) in [6, 6.07) is 8.31. The first-order valence-electron chi connectivity index (χ1n) is 10.6. The van der Waals surface area contributed by atoms with E-state index in [0.717, 1.165) is 25.7 Å². The van der Waals surface area contributed by atoms with Gasteiger partial charge in [0, 0.05) is 11.6 Å². The zero-order valence-corrected chi connectivity index (χ0v) is 18.4. The minimum absolute atomic E-state index is 0.0625. The number of methoxy groups -OCH3 is 3. The summed E-state index contributed by atoms with van der Waals surface area (Å²) in [6.45, 7) is 0. The van der Waals surface area contributed by atoms with E-state index in [2.05, 4.69) is 0 Å². The van der Waals surface area contributed by atoms with Gasteiger partial charge < -0.3 is 23.7 Å². The molecular weight excluding hydrogens is 412 g/mol. The maximum absolute atomic E-state index is 12.9. The van der Waals surface area contributed by atoms with Gasteiger partial charge in [0.15, 0.2) is 17.3 Å². The fraction of sp³-hybridized carbons (Fsp3) is 0.360. The van der Waals surface area contributed by atoms with E-state index in [1.807, 2.05) is 0 Å². The molecule has 0 aromatic heterocycles. The first-order chi connectivity index (χ1) is 15.5. The molecule has 32 heavy (non-hydrogen) atoms. The summed E-state index contributed by atoms with van der Waals surface area (Å²) in [5.74, 6) is 1.68. The largest absolute Gasteiger partial charge is 0.493 e. The van der Waals surface area contributed by atoms with Gasteiger partial charge in [-0.3, -0.25) is 9.59 Å². The van der Waals surface area contributed by atoms with Crippen LogP contribution in [0.3, 0.4) is 0 Å². The maximum Gasteiger partial charge on any atom is 0.314 e. The van der Waals surface area contributed by atoms with Crippen LogP contribution in [0, 0.1) is 5.92 Å². The van der Waals surface area contributed by atoms with Crippen LogP contribution in [0.4, 0.5) is 0 Å². The Hall–Kier alpha value is -3.48. The number of hydrogen-bond acceptors (Lipinski definition) is 7. The van der Waals surface area contributed by atoms with E-state index in [4.69, 9.17) is 23.7 Å². The molecule has 0 bridgehead atoms. The van der Waals surface area contributed by atoms with Crippen molar-refractivity contribution in [3.63, 3.8) is 0 Å². The molecule has 1 heterocycles. The summed E-state index contributed by atoms with van der Waals surface area (Å²) in [6.07, 6.45) is 6.58. The number of esters is 1. The SMILES string of the molecule is COc1ccc(/C=C2\Oc3cc(OC(=O)C4CCCCC4)ccc3C2=O)c(OC)c1OC. The highest BCUT2D eigenvalue weighted by Crippen LogP contribution is 2.42. The summed E-state index contributed by atoms with van der Waals surface area (Å²) >= 11 is 0. The molecule has 7 heteroatoms. The molecule has 2 aromatic carbocycles. The Labute approximate surface area is 186 Å². The number of allylic oxidation sites excluding steroid dienone is 1. The number of rotatable bonds is 6. The van der Waals surface area contributed by atoms with Crippen molar-refractivity contribution >= 4 is 17.8 Å². The van der Waals surface area contributed by atoms with Gasteiger partial charge in [-0.05, 0) is 43.2 Å². The van der Waals surface area contributed by atoms with Crippen molar-refractivity contribution in [3.05, 3.63) is 47.2 Å². The fourth-order valence-electron chi connectivity index (χ4n) is 4.15. The first-order valence-corrected chi connectivity index (χ1v) is 10.6. The van der Waals surface area contributed by atoms with Crippen molar-refractivity contribution < 1.29 is 33.3 Å². The minimum Gasteiger partial charge on any atom is -0.493 e. The topological polar surface area (TPSA) is 80.3 Å². The average Bonchev–Trinajstić information content (AvgIpc) is 3.13. The summed E-state index contributed by atoms with van der Waals surface area (Å²) in [7, 11) is 4.56. The number of benzene rings is 2. The molecule has 168 valence electrons. The van der Waals surface area contributed by atoms with Gasteiger partial charge in [-0.2, -0.15) is 0 Å². The van der Waals surface area contributed by atoms with Crippen LogP contribution < -0.4 is 23.7 Å². The van der Waals surface area contributed by atoms with Crippen molar-refractivity contribution in [1.82, 2.24) is 0 Å². The summed E-state index contributed by atoms with van der Waals surface area (Å²) in [5, 5.41) is 0. The van der Waals surface area contributed by atoms with E-state index in [0.29, 0.717) is 39.9 Å². The van der Waals surface area contributed by atoms with Gasteiger partial charge in [-0.15, -0.1) is 0 Å².